The number of hydrogen-bond donors (Lipinski definition) is 2. The summed E-state index contributed by atoms with van der Waals surface area (Å²) in [6, 6.07) is 7.30. The molecule has 0 spiro atoms. The summed E-state index contributed by atoms with van der Waals surface area (Å²) in [4.78, 5) is 14.0. The smallest absolute Gasteiger partial charge is 0.237 e. The van der Waals surface area contributed by atoms with E-state index in [-0.39, 0.29) is 5.91 Å². The molecule has 6 heteroatoms. The van der Waals surface area contributed by atoms with Gasteiger partial charge in [0.25, 0.3) is 0 Å². The van der Waals surface area contributed by atoms with Crippen LogP contribution in [0.2, 0.25) is 0 Å². The van der Waals surface area contributed by atoms with Crippen LogP contribution >= 0.6 is 11.8 Å². The molecule has 1 aromatic carbocycles. The van der Waals surface area contributed by atoms with Gasteiger partial charge in [0.15, 0.2) is 0 Å². The Labute approximate surface area is 137 Å². The molecule has 3 N–H and O–H groups in total. The number of likely N-dealkylation sites (N-methyl/N-ethyl adjacent to an activating group) is 1. The molecule has 0 saturated heterocycles. The minimum absolute atomic E-state index is 0.114. The number of para-hydroxylation sites is 1. The molecule has 1 aromatic rings. The molecule has 0 radical (unpaired) electrons. The van der Waals surface area contributed by atoms with Gasteiger partial charge in [-0.15, -0.1) is 0 Å². The maximum Gasteiger partial charge on any atom is 0.237 e. The summed E-state index contributed by atoms with van der Waals surface area (Å²) in [5.74, 6) is 1.58. The van der Waals surface area contributed by atoms with Crippen molar-refractivity contribution in [2.75, 3.05) is 39.3 Å². The number of thioether (sulfide) groups is 1. The second kappa shape index (κ2) is 10.5. The predicted molar refractivity (Wildman–Crippen MR) is 93.3 cm³/mol. The zero-order valence-corrected chi connectivity index (χ0v) is 14.5. The van der Waals surface area contributed by atoms with Crippen LogP contribution in [0.3, 0.4) is 0 Å². The Morgan fingerprint density at radius 2 is 2.14 bits per heavy atom. The fraction of sp³-hybridized carbons (Fsp3) is 0.562. The van der Waals surface area contributed by atoms with E-state index in [1.165, 1.54) is 0 Å². The minimum Gasteiger partial charge on any atom is -0.492 e. The molecule has 0 aromatic heterocycles. The molecule has 0 heterocycles. The molecular weight excluding hydrogens is 298 g/mol. The van der Waals surface area contributed by atoms with Crippen LogP contribution in [0, 0.1) is 0 Å². The molecule has 1 atom stereocenters. The van der Waals surface area contributed by atoms with Gasteiger partial charge >= 0.3 is 0 Å². The average molecular weight is 325 g/mol. The van der Waals surface area contributed by atoms with Gasteiger partial charge in [-0.25, -0.2) is 0 Å². The highest BCUT2D eigenvalue weighted by atomic mass is 32.2. The number of nitrogens with zero attached hydrogens (tertiary/aromatic N) is 1. The van der Waals surface area contributed by atoms with Crippen molar-refractivity contribution in [3.05, 3.63) is 29.8 Å². The third kappa shape index (κ3) is 7.15. The summed E-state index contributed by atoms with van der Waals surface area (Å²) in [6.07, 6.45) is 2.69. The van der Waals surface area contributed by atoms with Crippen molar-refractivity contribution in [2.24, 2.45) is 5.73 Å². The highest BCUT2D eigenvalue weighted by Gasteiger charge is 2.13. The molecule has 0 aliphatic carbocycles. The van der Waals surface area contributed by atoms with Crippen molar-refractivity contribution in [1.29, 1.82) is 0 Å². The van der Waals surface area contributed by atoms with E-state index in [2.05, 4.69) is 10.2 Å². The highest BCUT2D eigenvalue weighted by Crippen LogP contribution is 2.17. The van der Waals surface area contributed by atoms with Crippen LogP contribution in [-0.2, 0) is 11.3 Å². The summed E-state index contributed by atoms with van der Waals surface area (Å²) in [5, 5.41) is 2.88. The molecule has 0 fully saturated rings. The van der Waals surface area contributed by atoms with E-state index < -0.39 is 6.04 Å². The lowest BCUT2D eigenvalue weighted by Gasteiger charge is -2.15. The summed E-state index contributed by atoms with van der Waals surface area (Å²) < 4.78 is 5.78. The Hall–Kier alpha value is -1.24. The third-order valence-electron chi connectivity index (χ3n) is 3.19. The molecule has 0 aliphatic heterocycles. The molecule has 1 amide bonds. The summed E-state index contributed by atoms with van der Waals surface area (Å²) >= 11 is 1.69. The lowest BCUT2D eigenvalue weighted by Crippen LogP contribution is -2.40. The van der Waals surface area contributed by atoms with Crippen LogP contribution in [0.5, 0.6) is 5.75 Å². The third-order valence-corrected chi connectivity index (χ3v) is 3.84. The van der Waals surface area contributed by atoms with Crippen LogP contribution in [0.1, 0.15) is 12.0 Å². The first-order valence-electron chi connectivity index (χ1n) is 7.42. The first-order valence-corrected chi connectivity index (χ1v) is 8.81. The minimum atomic E-state index is -0.450. The van der Waals surface area contributed by atoms with Crippen molar-refractivity contribution in [2.45, 2.75) is 19.0 Å². The second-order valence-corrected chi connectivity index (χ2v) is 6.35. The number of rotatable bonds is 10. The zero-order chi connectivity index (χ0) is 16.4. The lowest BCUT2D eigenvalue weighted by atomic mass is 10.2. The number of carbonyl (C=O) groups is 1. The normalized spacial score (nSPS) is 12.2. The lowest BCUT2D eigenvalue weighted by molar-refractivity contribution is -0.122. The standard InChI is InChI=1S/C16H27N3O2S/c1-19(2)9-10-21-15-7-5-4-6-13(15)12-18-16(20)14(17)8-11-22-3/h4-7,14H,8-12,17H2,1-3H3,(H,18,20)/t14-/m0/s1. The quantitative estimate of drug-likeness (QED) is 0.679. The molecule has 1 rings (SSSR count). The monoisotopic (exact) mass is 325 g/mol. The molecule has 0 unspecified atom stereocenters. The Bertz CT molecular complexity index is 455. The molecule has 124 valence electrons. The van der Waals surface area contributed by atoms with Gasteiger partial charge in [-0.05, 0) is 38.6 Å². The van der Waals surface area contributed by atoms with Gasteiger partial charge in [0, 0.05) is 18.7 Å². The maximum atomic E-state index is 11.9. The van der Waals surface area contributed by atoms with E-state index >= 15 is 0 Å². The fourth-order valence-electron chi connectivity index (χ4n) is 1.82. The number of ether oxygens (including phenoxy) is 1. The van der Waals surface area contributed by atoms with Crippen molar-refractivity contribution in [1.82, 2.24) is 10.2 Å². The van der Waals surface area contributed by atoms with E-state index in [0.29, 0.717) is 19.6 Å². The van der Waals surface area contributed by atoms with Crippen molar-refractivity contribution >= 4 is 17.7 Å². The number of nitrogens with two attached hydrogens (primary N) is 1. The first kappa shape index (κ1) is 18.8. The number of nitrogens with one attached hydrogen (secondary N) is 1. The van der Waals surface area contributed by atoms with Crippen LogP contribution in [-0.4, -0.2) is 56.1 Å². The van der Waals surface area contributed by atoms with Crippen LogP contribution in [0.15, 0.2) is 24.3 Å². The van der Waals surface area contributed by atoms with Gasteiger partial charge < -0.3 is 20.7 Å². The highest BCUT2D eigenvalue weighted by molar-refractivity contribution is 7.98. The molecule has 0 aliphatic rings. The average Bonchev–Trinajstić information content (AvgIpc) is 2.50. The van der Waals surface area contributed by atoms with Gasteiger partial charge in [-0.1, -0.05) is 18.2 Å². The van der Waals surface area contributed by atoms with E-state index in [0.717, 1.165) is 23.6 Å². The second-order valence-electron chi connectivity index (χ2n) is 5.37. The van der Waals surface area contributed by atoms with E-state index in [9.17, 15) is 4.79 Å². The molecular formula is C16H27N3O2S. The fourth-order valence-corrected chi connectivity index (χ4v) is 2.31. The Kier molecular flexibility index (Phi) is 8.96. The summed E-state index contributed by atoms with van der Waals surface area (Å²) in [7, 11) is 4.01. The van der Waals surface area contributed by atoms with Crippen molar-refractivity contribution in [3.8, 4) is 5.75 Å². The maximum absolute atomic E-state index is 11.9. The Balaban J connectivity index is 2.49. The molecule has 0 bridgehead atoms. The van der Waals surface area contributed by atoms with Gasteiger partial charge in [-0.3, -0.25) is 4.79 Å². The van der Waals surface area contributed by atoms with Crippen LogP contribution in [0.4, 0.5) is 0 Å². The topological polar surface area (TPSA) is 67.6 Å². The number of benzene rings is 1. The van der Waals surface area contributed by atoms with Gasteiger partial charge in [0.2, 0.25) is 5.91 Å². The summed E-state index contributed by atoms with van der Waals surface area (Å²) in [5.41, 5.74) is 6.82. The van der Waals surface area contributed by atoms with Crippen LogP contribution < -0.4 is 15.8 Å². The van der Waals surface area contributed by atoms with E-state index in [4.69, 9.17) is 10.5 Å². The van der Waals surface area contributed by atoms with Gasteiger partial charge in [0.05, 0.1) is 6.04 Å². The molecule has 5 nitrogen and oxygen atoms in total. The SMILES string of the molecule is CSCC[C@H](N)C(=O)NCc1ccccc1OCCN(C)C. The zero-order valence-electron chi connectivity index (χ0n) is 13.7. The largest absolute Gasteiger partial charge is 0.492 e. The van der Waals surface area contributed by atoms with Gasteiger partial charge in [0.1, 0.15) is 12.4 Å². The van der Waals surface area contributed by atoms with Crippen molar-refractivity contribution < 1.29 is 9.53 Å². The Morgan fingerprint density at radius 3 is 2.82 bits per heavy atom. The van der Waals surface area contributed by atoms with E-state index in [1.54, 1.807) is 11.8 Å². The predicted octanol–water partition coefficient (Wildman–Crippen LogP) is 1.32. The number of hydrogen-bond acceptors (Lipinski definition) is 5. The van der Waals surface area contributed by atoms with Crippen LogP contribution in [0.25, 0.3) is 0 Å². The summed E-state index contributed by atoms with van der Waals surface area (Å²) in [6.45, 7) is 1.90. The number of amides is 1. The molecule has 22 heavy (non-hydrogen) atoms. The molecule has 0 saturated carbocycles. The number of carbonyl (C=O) groups excluding carboxylic acids is 1. The Morgan fingerprint density at radius 1 is 1.41 bits per heavy atom. The van der Waals surface area contributed by atoms with Crippen molar-refractivity contribution in [3.63, 3.8) is 0 Å². The first-order chi connectivity index (χ1) is 10.5. The van der Waals surface area contributed by atoms with E-state index in [1.807, 2.05) is 44.6 Å². The van der Waals surface area contributed by atoms with Gasteiger partial charge in [-0.2, -0.15) is 11.8 Å².